The van der Waals surface area contributed by atoms with E-state index in [0.29, 0.717) is 5.41 Å². The molecule has 0 aromatic heterocycles. The van der Waals surface area contributed by atoms with Gasteiger partial charge in [-0.25, -0.2) is 0 Å². The zero-order valence-electron chi connectivity index (χ0n) is 11.7. The molecule has 0 radical (unpaired) electrons. The minimum absolute atomic E-state index is 0.649. The maximum atomic E-state index is 3.79. The zero-order valence-corrected chi connectivity index (χ0v) is 11.7. The molecule has 1 saturated carbocycles. The van der Waals surface area contributed by atoms with Crippen molar-refractivity contribution in [2.24, 2.45) is 17.3 Å². The first-order valence-corrected chi connectivity index (χ1v) is 7.67. The van der Waals surface area contributed by atoms with Crippen LogP contribution in [0.15, 0.2) is 0 Å². The molecule has 0 aromatic rings. The van der Waals surface area contributed by atoms with Crippen LogP contribution in [-0.2, 0) is 0 Å². The Bertz CT molecular complexity index is 221. The van der Waals surface area contributed by atoms with Crippen molar-refractivity contribution < 1.29 is 0 Å². The van der Waals surface area contributed by atoms with Crippen molar-refractivity contribution in [1.29, 1.82) is 0 Å². The Kier molecular flexibility index (Phi) is 4.87. The average molecular weight is 238 g/mol. The van der Waals surface area contributed by atoms with Crippen LogP contribution in [0.3, 0.4) is 0 Å². The molecule has 0 aromatic carbocycles. The third-order valence-corrected chi connectivity index (χ3v) is 5.28. The molecule has 2 heteroatoms. The fraction of sp³-hybridized carbons (Fsp3) is 1.00. The Morgan fingerprint density at radius 1 is 1.29 bits per heavy atom. The molecule has 2 atom stereocenters. The van der Waals surface area contributed by atoms with Gasteiger partial charge < -0.3 is 10.6 Å². The van der Waals surface area contributed by atoms with E-state index in [1.54, 1.807) is 0 Å². The van der Waals surface area contributed by atoms with Crippen molar-refractivity contribution in [3.8, 4) is 0 Å². The summed E-state index contributed by atoms with van der Waals surface area (Å²) in [6.07, 6.45) is 8.55. The van der Waals surface area contributed by atoms with E-state index < -0.39 is 0 Å². The molecule has 1 aliphatic heterocycles. The molecule has 0 amide bonds. The van der Waals surface area contributed by atoms with Gasteiger partial charge in [0.15, 0.2) is 0 Å². The minimum Gasteiger partial charge on any atom is -0.316 e. The Labute approximate surface area is 107 Å². The second kappa shape index (κ2) is 6.19. The molecule has 2 rings (SSSR count). The van der Waals surface area contributed by atoms with E-state index in [1.807, 2.05) is 0 Å². The van der Waals surface area contributed by atoms with Gasteiger partial charge in [0.1, 0.15) is 0 Å². The van der Waals surface area contributed by atoms with Gasteiger partial charge in [0.2, 0.25) is 0 Å². The van der Waals surface area contributed by atoms with Gasteiger partial charge in [-0.2, -0.15) is 0 Å². The lowest BCUT2D eigenvalue weighted by molar-refractivity contribution is 0.227. The van der Waals surface area contributed by atoms with Gasteiger partial charge in [-0.1, -0.05) is 26.7 Å². The largest absolute Gasteiger partial charge is 0.316 e. The van der Waals surface area contributed by atoms with Crippen LogP contribution in [0.25, 0.3) is 0 Å². The van der Waals surface area contributed by atoms with Gasteiger partial charge in [-0.3, -0.25) is 0 Å². The standard InChI is InChI=1S/C15H30N2/c1-3-15(7-4-5-8-15)12-17-11-14-6-9-16-10-13(14)2/h13-14,16-17H,3-12H2,1-2H3. The molecule has 1 saturated heterocycles. The van der Waals surface area contributed by atoms with Crippen molar-refractivity contribution >= 4 is 0 Å². The molecular weight excluding hydrogens is 208 g/mol. The lowest BCUT2D eigenvalue weighted by atomic mass is 9.82. The van der Waals surface area contributed by atoms with Crippen LogP contribution in [0.1, 0.15) is 52.4 Å². The number of piperidine rings is 1. The van der Waals surface area contributed by atoms with Crippen molar-refractivity contribution in [1.82, 2.24) is 10.6 Å². The maximum absolute atomic E-state index is 3.79. The van der Waals surface area contributed by atoms with Gasteiger partial charge in [0.05, 0.1) is 0 Å². The predicted molar refractivity (Wildman–Crippen MR) is 74.2 cm³/mol. The van der Waals surface area contributed by atoms with Crippen molar-refractivity contribution in [2.45, 2.75) is 52.4 Å². The number of nitrogens with one attached hydrogen (secondary N) is 2. The monoisotopic (exact) mass is 238 g/mol. The molecular formula is C15H30N2. The number of hydrogen-bond donors (Lipinski definition) is 2. The molecule has 2 N–H and O–H groups in total. The molecule has 17 heavy (non-hydrogen) atoms. The SMILES string of the molecule is CCC1(CNCC2CCNCC2C)CCCC1. The van der Waals surface area contributed by atoms with E-state index in [2.05, 4.69) is 24.5 Å². The van der Waals surface area contributed by atoms with Crippen LogP contribution in [0, 0.1) is 17.3 Å². The van der Waals surface area contributed by atoms with Crippen LogP contribution in [-0.4, -0.2) is 26.2 Å². The molecule has 2 fully saturated rings. The molecule has 2 aliphatic rings. The van der Waals surface area contributed by atoms with Crippen molar-refractivity contribution in [3.05, 3.63) is 0 Å². The van der Waals surface area contributed by atoms with E-state index in [0.717, 1.165) is 11.8 Å². The second-order valence-corrected chi connectivity index (χ2v) is 6.42. The van der Waals surface area contributed by atoms with Crippen molar-refractivity contribution in [2.75, 3.05) is 26.2 Å². The Hall–Kier alpha value is -0.0800. The first kappa shape index (κ1) is 13.4. The first-order chi connectivity index (χ1) is 8.26. The van der Waals surface area contributed by atoms with Gasteiger partial charge in [-0.05, 0) is 62.6 Å². The van der Waals surface area contributed by atoms with E-state index in [4.69, 9.17) is 0 Å². The average Bonchev–Trinajstić information content (AvgIpc) is 2.81. The summed E-state index contributed by atoms with van der Waals surface area (Å²) in [6.45, 7) is 9.70. The summed E-state index contributed by atoms with van der Waals surface area (Å²) in [7, 11) is 0. The van der Waals surface area contributed by atoms with Gasteiger partial charge in [-0.15, -0.1) is 0 Å². The van der Waals surface area contributed by atoms with E-state index in [1.165, 1.54) is 64.7 Å². The van der Waals surface area contributed by atoms with E-state index >= 15 is 0 Å². The fourth-order valence-corrected chi connectivity index (χ4v) is 3.67. The van der Waals surface area contributed by atoms with E-state index in [-0.39, 0.29) is 0 Å². The van der Waals surface area contributed by atoms with Crippen LogP contribution < -0.4 is 10.6 Å². The summed E-state index contributed by atoms with van der Waals surface area (Å²) in [6, 6.07) is 0. The second-order valence-electron chi connectivity index (χ2n) is 6.42. The van der Waals surface area contributed by atoms with E-state index in [9.17, 15) is 0 Å². The third-order valence-electron chi connectivity index (χ3n) is 5.28. The summed E-state index contributed by atoms with van der Waals surface area (Å²) < 4.78 is 0. The molecule has 2 nitrogen and oxygen atoms in total. The maximum Gasteiger partial charge on any atom is 0.000782 e. The molecule has 0 spiro atoms. The Balaban J connectivity index is 1.71. The summed E-state index contributed by atoms with van der Waals surface area (Å²) in [4.78, 5) is 0. The summed E-state index contributed by atoms with van der Waals surface area (Å²) >= 11 is 0. The molecule has 0 bridgehead atoms. The quantitative estimate of drug-likeness (QED) is 0.769. The third kappa shape index (κ3) is 3.45. The Morgan fingerprint density at radius 2 is 2.06 bits per heavy atom. The first-order valence-electron chi connectivity index (χ1n) is 7.67. The molecule has 1 heterocycles. The Morgan fingerprint density at radius 3 is 2.71 bits per heavy atom. The highest BCUT2D eigenvalue weighted by Crippen LogP contribution is 2.40. The molecule has 100 valence electrons. The summed E-state index contributed by atoms with van der Waals surface area (Å²) in [5, 5.41) is 7.28. The molecule has 2 unspecified atom stereocenters. The van der Waals surface area contributed by atoms with Gasteiger partial charge >= 0.3 is 0 Å². The minimum atomic E-state index is 0.649. The molecule has 1 aliphatic carbocycles. The highest BCUT2D eigenvalue weighted by atomic mass is 14.9. The highest BCUT2D eigenvalue weighted by Gasteiger charge is 2.31. The lowest BCUT2D eigenvalue weighted by Crippen LogP contribution is -2.42. The smallest absolute Gasteiger partial charge is 0.000782 e. The number of rotatable bonds is 5. The number of hydrogen-bond acceptors (Lipinski definition) is 2. The highest BCUT2D eigenvalue weighted by molar-refractivity contribution is 4.86. The van der Waals surface area contributed by atoms with Gasteiger partial charge in [0.25, 0.3) is 0 Å². The summed E-state index contributed by atoms with van der Waals surface area (Å²) in [5.74, 6) is 1.74. The van der Waals surface area contributed by atoms with Crippen LogP contribution in [0.4, 0.5) is 0 Å². The predicted octanol–water partition coefficient (Wildman–Crippen LogP) is 2.79. The van der Waals surface area contributed by atoms with Crippen LogP contribution in [0.2, 0.25) is 0 Å². The topological polar surface area (TPSA) is 24.1 Å². The van der Waals surface area contributed by atoms with Crippen molar-refractivity contribution in [3.63, 3.8) is 0 Å². The van der Waals surface area contributed by atoms with Crippen LogP contribution >= 0.6 is 0 Å². The van der Waals surface area contributed by atoms with Gasteiger partial charge in [0, 0.05) is 6.54 Å². The van der Waals surface area contributed by atoms with Crippen LogP contribution in [0.5, 0.6) is 0 Å². The zero-order chi connectivity index (χ0) is 12.1. The lowest BCUT2D eigenvalue weighted by Gasteiger charge is -2.32. The normalized spacial score (nSPS) is 32.8. The summed E-state index contributed by atoms with van der Waals surface area (Å²) in [5.41, 5.74) is 0.649. The fourth-order valence-electron chi connectivity index (χ4n) is 3.67.